The van der Waals surface area contributed by atoms with Crippen molar-refractivity contribution in [2.24, 2.45) is 0 Å². The van der Waals surface area contributed by atoms with Crippen molar-refractivity contribution in [1.82, 2.24) is 9.29 Å². The van der Waals surface area contributed by atoms with E-state index in [9.17, 15) is 13.2 Å². The molecular formula is C24H25Cl2N3O4S2. The smallest absolute Gasteiger partial charge is 0.247 e. The van der Waals surface area contributed by atoms with E-state index in [0.717, 1.165) is 28.6 Å². The van der Waals surface area contributed by atoms with E-state index >= 15 is 0 Å². The Bertz CT molecular complexity index is 1360. The number of carbonyl (C=O) groups is 1. The van der Waals surface area contributed by atoms with Crippen LogP contribution >= 0.6 is 34.5 Å². The van der Waals surface area contributed by atoms with Gasteiger partial charge in [-0.2, -0.15) is 4.31 Å². The number of aromatic nitrogens is 1. The molecule has 2 aliphatic heterocycles. The van der Waals surface area contributed by atoms with Crippen molar-refractivity contribution in [1.29, 1.82) is 0 Å². The van der Waals surface area contributed by atoms with Gasteiger partial charge in [0.25, 0.3) is 0 Å². The molecule has 5 rings (SSSR count). The van der Waals surface area contributed by atoms with Crippen LogP contribution in [0.3, 0.4) is 0 Å². The molecule has 2 fully saturated rings. The average Bonchev–Trinajstić information content (AvgIpc) is 3.57. The zero-order chi connectivity index (χ0) is 24.7. The lowest BCUT2D eigenvalue weighted by Gasteiger charge is -2.29. The summed E-state index contributed by atoms with van der Waals surface area (Å²) in [6.07, 6.45) is 2.71. The van der Waals surface area contributed by atoms with Gasteiger partial charge in [0.1, 0.15) is 6.04 Å². The summed E-state index contributed by atoms with van der Waals surface area (Å²) in [5.74, 6) is -0.279. The Morgan fingerprint density at radius 1 is 1.17 bits per heavy atom. The number of ether oxygens (including phenoxy) is 1. The Hall–Kier alpha value is -1.75. The maximum Gasteiger partial charge on any atom is 0.247 e. The van der Waals surface area contributed by atoms with Crippen molar-refractivity contribution in [3.8, 4) is 0 Å². The third-order valence-corrected chi connectivity index (χ3v) is 9.87. The van der Waals surface area contributed by atoms with Gasteiger partial charge in [0, 0.05) is 23.2 Å². The van der Waals surface area contributed by atoms with Crippen molar-refractivity contribution in [2.45, 2.75) is 49.6 Å². The Kier molecular flexibility index (Phi) is 7.09. The fraction of sp³-hybridized carbons (Fsp3) is 0.417. The molecule has 2 unspecified atom stereocenters. The SMILES string of the molecule is Cc1cc(Cl)cc2sc(N(CC3CCCO3)C(=O)C3CCCN3S(=O)(=O)c3ccc(Cl)cc3)nc12. The number of carbonyl (C=O) groups excluding carboxylic acids is 1. The molecule has 0 saturated carbocycles. The average molecular weight is 555 g/mol. The van der Waals surface area contributed by atoms with Crippen LogP contribution in [-0.2, 0) is 19.6 Å². The van der Waals surface area contributed by atoms with Gasteiger partial charge in [-0.15, -0.1) is 0 Å². The third-order valence-electron chi connectivity index (χ3n) is 6.46. The molecule has 3 heterocycles. The number of hydrogen-bond acceptors (Lipinski definition) is 6. The number of sulfonamides is 1. The van der Waals surface area contributed by atoms with Crippen molar-refractivity contribution in [2.75, 3.05) is 24.6 Å². The van der Waals surface area contributed by atoms with Crippen LogP contribution in [0.25, 0.3) is 10.2 Å². The van der Waals surface area contributed by atoms with Crippen LogP contribution in [0, 0.1) is 6.92 Å². The molecule has 1 amide bonds. The highest BCUT2D eigenvalue weighted by atomic mass is 35.5. The normalized spacial score (nSPS) is 21.1. The monoisotopic (exact) mass is 553 g/mol. The first-order valence-corrected chi connectivity index (χ1v) is 14.5. The maximum absolute atomic E-state index is 14.0. The number of amides is 1. The first-order chi connectivity index (χ1) is 16.7. The van der Waals surface area contributed by atoms with Crippen LogP contribution in [-0.4, -0.2) is 55.5 Å². The molecule has 11 heteroatoms. The molecule has 0 bridgehead atoms. The summed E-state index contributed by atoms with van der Waals surface area (Å²) in [5, 5.41) is 1.59. The van der Waals surface area contributed by atoms with Gasteiger partial charge in [-0.25, -0.2) is 13.4 Å². The summed E-state index contributed by atoms with van der Waals surface area (Å²) in [6, 6.07) is 8.90. The van der Waals surface area contributed by atoms with Crippen LogP contribution < -0.4 is 4.90 Å². The summed E-state index contributed by atoms with van der Waals surface area (Å²) < 4.78 is 34.9. The highest BCUT2D eigenvalue weighted by Crippen LogP contribution is 2.36. The lowest BCUT2D eigenvalue weighted by atomic mass is 10.2. The Labute approximate surface area is 218 Å². The van der Waals surface area contributed by atoms with E-state index < -0.39 is 16.1 Å². The minimum atomic E-state index is -3.87. The molecule has 0 spiro atoms. The van der Waals surface area contributed by atoms with Gasteiger partial charge < -0.3 is 4.74 Å². The number of anilines is 1. The van der Waals surface area contributed by atoms with Gasteiger partial charge in [0.2, 0.25) is 15.9 Å². The molecule has 3 aromatic rings. The predicted molar refractivity (Wildman–Crippen MR) is 139 cm³/mol. The number of thiazole rings is 1. The highest BCUT2D eigenvalue weighted by Gasteiger charge is 2.42. The highest BCUT2D eigenvalue weighted by molar-refractivity contribution is 7.89. The second-order valence-corrected chi connectivity index (χ2v) is 12.6. The molecule has 2 atom stereocenters. The molecule has 2 aliphatic rings. The minimum absolute atomic E-state index is 0.113. The standard InChI is InChI=1S/C24H25Cl2N3O4S2/c1-15-12-17(26)13-21-22(15)27-24(34-21)28(14-18-4-3-11-33-18)23(30)20-5-2-10-29(20)35(31,32)19-8-6-16(25)7-9-19/h6-9,12-13,18,20H,2-5,10-11,14H2,1H3. The summed E-state index contributed by atoms with van der Waals surface area (Å²) >= 11 is 13.6. The van der Waals surface area contributed by atoms with Crippen molar-refractivity contribution < 1.29 is 17.9 Å². The zero-order valence-electron chi connectivity index (χ0n) is 19.1. The number of aryl methyl sites for hydroxylation is 1. The molecule has 0 N–H and O–H groups in total. The zero-order valence-corrected chi connectivity index (χ0v) is 22.3. The van der Waals surface area contributed by atoms with E-state index in [1.807, 2.05) is 19.1 Å². The summed E-state index contributed by atoms with van der Waals surface area (Å²) in [4.78, 5) is 20.5. The van der Waals surface area contributed by atoms with Crippen LogP contribution in [0.5, 0.6) is 0 Å². The van der Waals surface area contributed by atoms with E-state index in [0.29, 0.717) is 41.2 Å². The Balaban J connectivity index is 1.50. The van der Waals surface area contributed by atoms with Crippen molar-refractivity contribution in [3.05, 3.63) is 52.0 Å². The predicted octanol–water partition coefficient (Wildman–Crippen LogP) is 5.28. The first-order valence-electron chi connectivity index (χ1n) is 11.5. The summed E-state index contributed by atoms with van der Waals surface area (Å²) in [5.41, 5.74) is 1.71. The second kappa shape index (κ2) is 9.95. The fourth-order valence-electron chi connectivity index (χ4n) is 4.71. The molecule has 35 heavy (non-hydrogen) atoms. The fourth-order valence-corrected chi connectivity index (χ4v) is 7.92. The van der Waals surface area contributed by atoms with Crippen molar-refractivity contribution >= 4 is 65.8 Å². The number of rotatable bonds is 6. The number of benzene rings is 2. The molecule has 186 valence electrons. The van der Waals surface area contributed by atoms with Crippen LogP contribution in [0.15, 0.2) is 41.3 Å². The topological polar surface area (TPSA) is 79.8 Å². The van der Waals surface area contributed by atoms with E-state index in [2.05, 4.69) is 0 Å². The first kappa shape index (κ1) is 24.9. The van der Waals surface area contributed by atoms with E-state index in [4.69, 9.17) is 32.9 Å². The minimum Gasteiger partial charge on any atom is -0.376 e. The number of nitrogens with zero attached hydrogens (tertiary/aromatic N) is 3. The molecule has 2 aromatic carbocycles. The number of hydrogen-bond donors (Lipinski definition) is 0. The number of fused-ring (bicyclic) bond motifs is 1. The molecule has 2 saturated heterocycles. The van der Waals surface area contributed by atoms with E-state index in [-0.39, 0.29) is 23.5 Å². The molecule has 7 nitrogen and oxygen atoms in total. The van der Waals surface area contributed by atoms with Crippen LogP contribution in [0.1, 0.15) is 31.2 Å². The van der Waals surface area contributed by atoms with Crippen LogP contribution in [0.4, 0.5) is 5.13 Å². The molecule has 1 aromatic heterocycles. The van der Waals surface area contributed by atoms with Crippen LogP contribution in [0.2, 0.25) is 10.0 Å². The lowest BCUT2D eigenvalue weighted by Crippen LogP contribution is -2.49. The van der Waals surface area contributed by atoms with Gasteiger partial charge >= 0.3 is 0 Å². The van der Waals surface area contributed by atoms with E-state index in [1.165, 1.54) is 27.8 Å². The lowest BCUT2D eigenvalue weighted by molar-refractivity contribution is -0.122. The van der Waals surface area contributed by atoms with Gasteiger partial charge in [-0.1, -0.05) is 34.5 Å². The molecular weight excluding hydrogens is 529 g/mol. The second-order valence-electron chi connectivity index (χ2n) is 8.88. The molecule has 0 aliphatic carbocycles. The quantitative estimate of drug-likeness (QED) is 0.415. The van der Waals surface area contributed by atoms with Crippen molar-refractivity contribution in [3.63, 3.8) is 0 Å². The Morgan fingerprint density at radius 2 is 1.94 bits per heavy atom. The Morgan fingerprint density at radius 3 is 2.66 bits per heavy atom. The largest absolute Gasteiger partial charge is 0.376 e. The summed E-state index contributed by atoms with van der Waals surface area (Å²) in [7, 11) is -3.87. The third kappa shape index (κ3) is 4.95. The van der Waals surface area contributed by atoms with Gasteiger partial charge in [0.05, 0.1) is 27.8 Å². The van der Waals surface area contributed by atoms with Gasteiger partial charge in [-0.05, 0) is 74.6 Å². The van der Waals surface area contributed by atoms with E-state index in [1.54, 1.807) is 17.0 Å². The maximum atomic E-state index is 14.0. The summed E-state index contributed by atoms with van der Waals surface area (Å²) in [6.45, 7) is 3.20. The van der Waals surface area contributed by atoms with Gasteiger partial charge in [0.15, 0.2) is 5.13 Å². The van der Waals surface area contributed by atoms with Gasteiger partial charge in [-0.3, -0.25) is 9.69 Å². The molecule has 0 radical (unpaired) electrons. The number of halogens is 2.